The van der Waals surface area contributed by atoms with Crippen LogP contribution in [0, 0.1) is 0 Å². The number of fused-ring (bicyclic) bond motifs is 1. The summed E-state index contributed by atoms with van der Waals surface area (Å²) in [5.41, 5.74) is 5.43. The molecule has 1 heterocycles. The first-order valence-corrected chi connectivity index (χ1v) is 5.68. The summed E-state index contributed by atoms with van der Waals surface area (Å²) in [6, 6.07) is 5.27. The lowest BCUT2D eigenvalue weighted by Crippen LogP contribution is -2.28. The number of nitrogens with two attached hydrogens (primary N) is 1. The van der Waals surface area contributed by atoms with Crippen LogP contribution in [-0.2, 0) is 7.05 Å². The molecule has 0 spiro atoms. The van der Waals surface area contributed by atoms with E-state index < -0.39 is 11.5 Å². The maximum absolute atomic E-state index is 12.0. The Kier molecular flexibility index (Phi) is 2.94. The third-order valence-electron chi connectivity index (χ3n) is 3.10. The molecule has 1 aromatic heterocycles. The highest BCUT2D eigenvalue weighted by atomic mass is 16.3. The molecule has 0 aliphatic rings. The Bertz CT molecular complexity index is 732. The zero-order valence-corrected chi connectivity index (χ0v) is 11.0. The summed E-state index contributed by atoms with van der Waals surface area (Å²) in [7, 11) is 5.16. The van der Waals surface area contributed by atoms with E-state index in [1.807, 2.05) is 14.1 Å². The first kappa shape index (κ1) is 12.9. The quantitative estimate of drug-likeness (QED) is 0.819. The molecule has 1 amide bonds. The van der Waals surface area contributed by atoms with Crippen molar-refractivity contribution in [2.24, 2.45) is 12.8 Å². The second-order valence-corrected chi connectivity index (χ2v) is 4.52. The number of aromatic nitrogens is 1. The number of pyridine rings is 1. The number of nitrogens with zero attached hydrogens (tertiary/aromatic N) is 2. The van der Waals surface area contributed by atoms with Crippen molar-refractivity contribution in [1.82, 2.24) is 4.57 Å². The van der Waals surface area contributed by atoms with Gasteiger partial charge in [-0.2, -0.15) is 0 Å². The molecule has 0 aliphatic carbocycles. The molecule has 0 radical (unpaired) electrons. The van der Waals surface area contributed by atoms with Gasteiger partial charge >= 0.3 is 0 Å². The van der Waals surface area contributed by atoms with E-state index >= 15 is 0 Å². The van der Waals surface area contributed by atoms with Crippen molar-refractivity contribution in [1.29, 1.82) is 0 Å². The minimum Gasteiger partial charge on any atom is -0.506 e. The summed E-state index contributed by atoms with van der Waals surface area (Å²) < 4.78 is 1.31. The molecule has 0 bridgehead atoms. The molecule has 0 saturated heterocycles. The molecule has 100 valence electrons. The van der Waals surface area contributed by atoms with Crippen molar-refractivity contribution in [2.75, 3.05) is 19.0 Å². The average molecular weight is 261 g/mol. The van der Waals surface area contributed by atoms with Gasteiger partial charge in [-0.05, 0) is 12.1 Å². The highest BCUT2D eigenvalue weighted by Gasteiger charge is 2.21. The third kappa shape index (κ3) is 1.81. The number of rotatable bonds is 2. The number of amides is 1. The van der Waals surface area contributed by atoms with Gasteiger partial charge in [0.25, 0.3) is 11.5 Å². The predicted molar refractivity (Wildman–Crippen MR) is 73.7 cm³/mol. The molecule has 3 N–H and O–H groups in total. The summed E-state index contributed by atoms with van der Waals surface area (Å²) in [5.74, 6) is -1.30. The van der Waals surface area contributed by atoms with Crippen LogP contribution in [0.5, 0.6) is 5.75 Å². The van der Waals surface area contributed by atoms with Gasteiger partial charge in [-0.3, -0.25) is 9.59 Å². The second kappa shape index (κ2) is 4.31. The van der Waals surface area contributed by atoms with Crippen LogP contribution >= 0.6 is 0 Å². The largest absolute Gasteiger partial charge is 0.506 e. The van der Waals surface area contributed by atoms with E-state index in [1.165, 1.54) is 11.6 Å². The van der Waals surface area contributed by atoms with Crippen LogP contribution < -0.4 is 16.2 Å². The number of carbonyl (C=O) groups is 1. The maximum atomic E-state index is 12.0. The Balaban J connectivity index is 3.09. The number of carbonyl (C=O) groups excluding carboxylic acids is 1. The fraction of sp³-hybridized carbons (Fsp3) is 0.231. The molecule has 6 heteroatoms. The van der Waals surface area contributed by atoms with Crippen LogP contribution in [0.3, 0.4) is 0 Å². The third-order valence-corrected chi connectivity index (χ3v) is 3.10. The second-order valence-electron chi connectivity index (χ2n) is 4.52. The number of anilines is 1. The molecule has 1 aromatic carbocycles. The normalized spacial score (nSPS) is 10.7. The summed E-state index contributed by atoms with van der Waals surface area (Å²) >= 11 is 0. The summed E-state index contributed by atoms with van der Waals surface area (Å²) in [4.78, 5) is 25.2. The Morgan fingerprint density at radius 1 is 1.37 bits per heavy atom. The van der Waals surface area contributed by atoms with E-state index in [9.17, 15) is 14.7 Å². The van der Waals surface area contributed by atoms with E-state index in [1.54, 1.807) is 23.1 Å². The zero-order chi connectivity index (χ0) is 14.3. The molecular formula is C13H15N3O3. The predicted octanol–water partition coefficient (Wildman–Crippen LogP) is 0.409. The molecular weight excluding hydrogens is 246 g/mol. The van der Waals surface area contributed by atoms with E-state index in [0.29, 0.717) is 16.6 Å². The van der Waals surface area contributed by atoms with Gasteiger partial charge in [0.05, 0.1) is 10.9 Å². The van der Waals surface area contributed by atoms with Gasteiger partial charge in [-0.25, -0.2) is 0 Å². The molecule has 0 fully saturated rings. The molecule has 0 saturated carbocycles. The van der Waals surface area contributed by atoms with Gasteiger partial charge in [0.2, 0.25) is 0 Å². The molecule has 0 atom stereocenters. The van der Waals surface area contributed by atoms with Gasteiger partial charge in [0.15, 0.2) is 0 Å². The minimum absolute atomic E-state index is 0.366. The van der Waals surface area contributed by atoms with Crippen LogP contribution in [0.1, 0.15) is 10.4 Å². The summed E-state index contributed by atoms with van der Waals surface area (Å²) in [5, 5.41) is 10.6. The first-order chi connectivity index (χ1) is 8.86. The number of benzene rings is 1. The van der Waals surface area contributed by atoms with Crippen LogP contribution in [-0.4, -0.2) is 29.7 Å². The smallest absolute Gasteiger partial charge is 0.267 e. The molecule has 0 unspecified atom stereocenters. The Hall–Kier alpha value is -2.50. The van der Waals surface area contributed by atoms with E-state index in [-0.39, 0.29) is 11.3 Å². The van der Waals surface area contributed by atoms with Crippen molar-refractivity contribution < 1.29 is 9.90 Å². The monoisotopic (exact) mass is 261 g/mol. The fourth-order valence-electron chi connectivity index (χ4n) is 2.15. The number of aryl methyl sites for hydroxylation is 1. The fourth-order valence-corrected chi connectivity index (χ4v) is 2.15. The summed E-state index contributed by atoms with van der Waals surface area (Å²) in [6.45, 7) is 0. The first-order valence-electron chi connectivity index (χ1n) is 5.68. The lowest BCUT2D eigenvalue weighted by molar-refractivity contribution is 0.0996. The van der Waals surface area contributed by atoms with Crippen LogP contribution in [0.25, 0.3) is 10.9 Å². The SMILES string of the molecule is CN(C)c1cccc2c1c(O)c(C(N)=O)c(=O)n2C. The van der Waals surface area contributed by atoms with Gasteiger partial charge in [0, 0.05) is 26.8 Å². The summed E-state index contributed by atoms with van der Waals surface area (Å²) in [6.07, 6.45) is 0. The Morgan fingerprint density at radius 3 is 2.53 bits per heavy atom. The standard InChI is InChI=1S/C13H15N3O3/c1-15(2)7-5-4-6-8-9(7)11(17)10(12(14)18)13(19)16(8)3/h4-6,17H,1-3H3,(H2,14,18). The van der Waals surface area contributed by atoms with Crippen LogP contribution in [0.2, 0.25) is 0 Å². The molecule has 0 aliphatic heterocycles. The zero-order valence-electron chi connectivity index (χ0n) is 11.0. The van der Waals surface area contributed by atoms with E-state index in [0.717, 1.165) is 0 Å². The number of hydrogen-bond donors (Lipinski definition) is 2. The number of primary amides is 1. The van der Waals surface area contributed by atoms with Crippen molar-refractivity contribution in [3.63, 3.8) is 0 Å². The van der Waals surface area contributed by atoms with Crippen LogP contribution in [0.4, 0.5) is 5.69 Å². The van der Waals surface area contributed by atoms with Crippen LogP contribution in [0.15, 0.2) is 23.0 Å². The number of hydrogen-bond acceptors (Lipinski definition) is 4. The van der Waals surface area contributed by atoms with Gasteiger partial charge in [-0.1, -0.05) is 6.07 Å². The lowest BCUT2D eigenvalue weighted by atomic mass is 10.1. The lowest BCUT2D eigenvalue weighted by Gasteiger charge is -2.18. The minimum atomic E-state index is -0.937. The molecule has 6 nitrogen and oxygen atoms in total. The molecule has 2 rings (SSSR count). The van der Waals surface area contributed by atoms with Crippen molar-refractivity contribution >= 4 is 22.5 Å². The Labute approximate surface area is 109 Å². The maximum Gasteiger partial charge on any atom is 0.267 e. The Morgan fingerprint density at radius 2 is 2.00 bits per heavy atom. The highest BCUT2D eigenvalue weighted by molar-refractivity contribution is 6.05. The van der Waals surface area contributed by atoms with Gasteiger partial charge in [0.1, 0.15) is 11.3 Å². The molecule has 2 aromatic rings. The van der Waals surface area contributed by atoms with Crippen molar-refractivity contribution in [2.45, 2.75) is 0 Å². The molecule has 19 heavy (non-hydrogen) atoms. The average Bonchev–Trinajstić information content (AvgIpc) is 2.34. The van der Waals surface area contributed by atoms with E-state index in [2.05, 4.69) is 0 Å². The van der Waals surface area contributed by atoms with Crippen molar-refractivity contribution in [3.05, 3.63) is 34.1 Å². The highest BCUT2D eigenvalue weighted by Crippen LogP contribution is 2.33. The van der Waals surface area contributed by atoms with Crippen molar-refractivity contribution in [3.8, 4) is 5.75 Å². The van der Waals surface area contributed by atoms with E-state index in [4.69, 9.17) is 5.73 Å². The number of aromatic hydroxyl groups is 1. The van der Waals surface area contributed by atoms with Gasteiger partial charge < -0.3 is 20.3 Å². The van der Waals surface area contributed by atoms with Gasteiger partial charge in [-0.15, -0.1) is 0 Å². The topological polar surface area (TPSA) is 88.6 Å².